The zero-order valence-electron chi connectivity index (χ0n) is 16.4. The molecule has 0 aliphatic rings. The van der Waals surface area contributed by atoms with Gasteiger partial charge in [0.2, 0.25) is 0 Å². The monoisotopic (exact) mass is 410 g/mol. The Kier molecular flexibility index (Phi) is 6.19. The van der Waals surface area contributed by atoms with Crippen molar-refractivity contribution in [3.63, 3.8) is 0 Å². The Morgan fingerprint density at radius 3 is 2.31 bits per heavy atom. The third kappa shape index (κ3) is 4.75. The Balaban J connectivity index is 1.91. The summed E-state index contributed by atoms with van der Waals surface area (Å²) >= 11 is 0. The smallest absolute Gasteiger partial charge is 0.276 e. The number of rotatable bonds is 7. The summed E-state index contributed by atoms with van der Waals surface area (Å²) in [6, 6.07) is 19.6. The van der Waals surface area contributed by atoms with E-state index < -0.39 is 10.0 Å². The Bertz CT molecular complexity index is 1120. The molecule has 3 aromatic carbocycles. The van der Waals surface area contributed by atoms with Gasteiger partial charge >= 0.3 is 0 Å². The molecule has 0 saturated heterocycles. The molecule has 3 rings (SSSR count). The zero-order chi connectivity index (χ0) is 20.9. The zero-order valence-corrected chi connectivity index (χ0v) is 17.2. The first-order valence-corrected chi connectivity index (χ1v) is 10.4. The Labute approximate surface area is 170 Å². The lowest BCUT2D eigenvalue weighted by molar-refractivity contribution is 0.404. The summed E-state index contributed by atoms with van der Waals surface area (Å²) in [5, 5.41) is 3.96. The van der Waals surface area contributed by atoms with E-state index in [1.54, 1.807) is 38.5 Å². The molecule has 0 atom stereocenters. The third-order valence-corrected chi connectivity index (χ3v) is 5.60. The van der Waals surface area contributed by atoms with Crippen molar-refractivity contribution in [2.24, 2.45) is 5.10 Å². The molecule has 7 heteroatoms. The summed E-state index contributed by atoms with van der Waals surface area (Å²) in [4.78, 5) is 2.41. The minimum Gasteiger partial charge on any atom is -0.497 e. The minimum atomic E-state index is -3.74. The maximum atomic E-state index is 12.4. The van der Waals surface area contributed by atoms with E-state index in [9.17, 15) is 8.42 Å². The molecular weight excluding hydrogens is 388 g/mol. The summed E-state index contributed by atoms with van der Waals surface area (Å²) in [6.07, 6.45) is 1.47. The molecule has 6 nitrogen and oxygen atoms in total. The van der Waals surface area contributed by atoms with Crippen molar-refractivity contribution in [3.05, 3.63) is 77.9 Å². The minimum absolute atomic E-state index is 0.156. The first kappa shape index (κ1) is 20.4. The lowest BCUT2D eigenvalue weighted by atomic mass is 9.99. The van der Waals surface area contributed by atoms with Crippen molar-refractivity contribution in [1.82, 2.24) is 4.83 Å². The van der Waals surface area contributed by atoms with E-state index in [0.717, 1.165) is 22.3 Å². The van der Waals surface area contributed by atoms with Crippen molar-refractivity contribution >= 4 is 16.2 Å². The van der Waals surface area contributed by atoms with Crippen LogP contribution in [0.1, 0.15) is 11.1 Å². The summed E-state index contributed by atoms with van der Waals surface area (Å²) in [5.74, 6) is 1.36. The molecule has 0 aliphatic heterocycles. The fourth-order valence-electron chi connectivity index (χ4n) is 2.81. The summed E-state index contributed by atoms with van der Waals surface area (Å²) in [7, 11) is -0.550. The normalized spacial score (nSPS) is 11.4. The van der Waals surface area contributed by atoms with E-state index in [1.807, 2.05) is 49.4 Å². The van der Waals surface area contributed by atoms with Gasteiger partial charge in [0.15, 0.2) is 0 Å². The third-order valence-electron chi connectivity index (χ3n) is 4.37. The standard InChI is InChI=1S/C22H22N2O4S/c1-16-8-11-19(12-9-16)29(25,26)24-23-15-17-6-4-5-7-20(17)21-14-18(27-2)10-13-22(21)28-3/h4-15,24H,1-3H3/b23-15+. The van der Waals surface area contributed by atoms with E-state index in [2.05, 4.69) is 9.93 Å². The highest BCUT2D eigenvalue weighted by Crippen LogP contribution is 2.34. The van der Waals surface area contributed by atoms with Crippen LogP contribution in [-0.2, 0) is 10.0 Å². The van der Waals surface area contributed by atoms with Crippen LogP contribution in [0.2, 0.25) is 0 Å². The van der Waals surface area contributed by atoms with Gasteiger partial charge in [0.05, 0.1) is 25.3 Å². The van der Waals surface area contributed by atoms with Gasteiger partial charge in [0, 0.05) is 11.1 Å². The van der Waals surface area contributed by atoms with Crippen LogP contribution in [0.15, 0.2) is 76.7 Å². The van der Waals surface area contributed by atoms with Gasteiger partial charge < -0.3 is 9.47 Å². The van der Waals surface area contributed by atoms with Crippen LogP contribution in [0.25, 0.3) is 11.1 Å². The number of hydrogen-bond donors (Lipinski definition) is 1. The molecule has 0 radical (unpaired) electrons. The fraction of sp³-hybridized carbons (Fsp3) is 0.136. The first-order valence-electron chi connectivity index (χ1n) is 8.87. The van der Waals surface area contributed by atoms with Crippen molar-refractivity contribution in [2.45, 2.75) is 11.8 Å². The number of ether oxygens (including phenoxy) is 2. The van der Waals surface area contributed by atoms with Crippen LogP contribution in [0.5, 0.6) is 11.5 Å². The Morgan fingerprint density at radius 2 is 1.62 bits per heavy atom. The van der Waals surface area contributed by atoms with E-state index in [1.165, 1.54) is 6.21 Å². The van der Waals surface area contributed by atoms with E-state index in [4.69, 9.17) is 9.47 Å². The lowest BCUT2D eigenvalue weighted by Gasteiger charge is -2.12. The maximum absolute atomic E-state index is 12.4. The molecule has 0 spiro atoms. The molecule has 0 fully saturated rings. The molecule has 0 amide bonds. The number of sulfonamides is 1. The number of methoxy groups -OCH3 is 2. The van der Waals surface area contributed by atoms with Gasteiger partial charge in [-0.25, -0.2) is 4.83 Å². The number of hydrogen-bond acceptors (Lipinski definition) is 5. The second-order valence-corrected chi connectivity index (χ2v) is 7.98. The quantitative estimate of drug-likeness (QED) is 0.472. The molecule has 0 unspecified atom stereocenters. The van der Waals surface area contributed by atoms with Crippen molar-refractivity contribution < 1.29 is 17.9 Å². The number of aryl methyl sites for hydroxylation is 1. The molecule has 0 heterocycles. The highest BCUT2D eigenvalue weighted by Gasteiger charge is 2.13. The van der Waals surface area contributed by atoms with E-state index in [-0.39, 0.29) is 4.90 Å². The summed E-state index contributed by atoms with van der Waals surface area (Å²) < 4.78 is 35.6. The predicted molar refractivity (Wildman–Crippen MR) is 114 cm³/mol. The van der Waals surface area contributed by atoms with Gasteiger partial charge in [-0.15, -0.1) is 0 Å². The second kappa shape index (κ2) is 8.79. The van der Waals surface area contributed by atoms with Crippen LogP contribution >= 0.6 is 0 Å². The van der Waals surface area contributed by atoms with Crippen LogP contribution in [-0.4, -0.2) is 28.9 Å². The highest BCUT2D eigenvalue weighted by molar-refractivity contribution is 7.89. The van der Waals surface area contributed by atoms with E-state index >= 15 is 0 Å². The first-order chi connectivity index (χ1) is 13.9. The van der Waals surface area contributed by atoms with Crippen LogP contribution in [0.4, 0.5) is 0 Å². The fourth-order valence-corrected chi connectivity index (χ4v) is 3.61. The molecule has 1 N–H and O–H groups in total. The summed E-state index contributed by atoms with van der Waals surface area (Å²) in [5.41, 5.74) is 3.36. The Morgan fingerprint density at radius 1 is 0.897 bits per heavy atom. The molecule has 3 aromatic rings. The molecule has 0 bridgehead atoms. The van der Waals surface area contributed by atoms with E-state index in [0.29, 0.717) is 11.5 Å². The largest absolute Gasteiger partial charge is 0.497 e. The average Bonchev–Trinajstić information content (AvgIpc) is 2.74. The molecule has 0 aromatic heterocycles. The van der Waals surface area contributed by atoms with Gasteiger partial charge in [0.25, 0.3) is 10.0 Å². The van der Waals surface area contributed by atoms with Gasteiger partial charge in [-0.1, -0.05) is 42.0 Å². The number of hydrazone groups is 1. The lowest BCUT2D eigenvalue weighted by Crippen LogP contribution is -2.18. The average molecular weight is 410 g/mol. The van der Waals surface area contributed by atoms with Crippen molar-refractivity contribution in [3.8, 4) is 22.6 Å². The van der Waals surface area contributed by atoms with Crippen molar-refractivity contribution in [2.75, 3.05) is 14.2 Å². The highest BCUT2D eigenvalue weighted by atomic mass is 32.2. The molecular formula is C22H22N2O4S. The number of nitrogens with one attached hydrogen (secondary N) is 1. The van der Waals surface area contributed by atoms with Crippen molar-refractivity contribution in [1.29, 1.82) is 0 Å². The molecule has 0 aliphatic carbocycles. The molecule has 29 heavy (non-hydrogen) atoms. The van der Waals surface area contributed by atoms with Gasteiger partial charge in [-0.3, -0.25) is 0 Å². The summed E-state index contributed by atoms with van der Waals surface area (Å²) in [6.45, 7) is 1.89. The van der Waals surface area contributed by atoms with Crippen LogP contribution < -0.4 is 14.3 Å². The molecule has 0 saturated carbocycles. The predicted octanol–water partition coefficient (Wildman–Crippen LogP) is 3.99. The van der Waals surface area contributed by atoms with Gasteiger partial charge in [0.1, 0.15) is 11.5 Å². The Hall–Kier alpha value is -3.32. The topological polar surface area (TPSA) is 77.0 Å². The van der Waals surface area contributed by atoms with Crippen LogP contribution in [0.3, 0.4) is 0 Å². The number of benzene rings is 3. The maximum Gasteiger partial charge on any atom is 0.276 e. The number of nitrogens with zero attached hydrogens (tertiary/aromatic N) is 1. The second-order valence-electron chi connectivity index (χ2n) is 6.32. The molecule has 150 valence electrons. The van der Waals surface area contributed by atoms with Crippen LogP contribution in [0, 0.1) is 6.92 Å². The SMILES string of the molecule is COc1ccc(OC)c(-c2ccccc2/C=N/NS(=O)(=O)c2ccc(C)cc2)c1. The van der Waals surface area contributed by atoms with Gasteiger partial charge in [-0.2, -0.15) is 13.5 Å². The van der Waals surface area contributed by atoms with Gasteiger partial charge in [-0.05, 0) is 42.8 Å².